The lowest BCUT2D eigenvalue weighted by atomic mass is 9.54. The van der Waals surface area contributed by atoms with Gasteiger partial charge in [0, 0.05) is 35.8 Å². The number of likely N-dealkylation sites (N-methyl/N-ethyl adjacent to an activating group) is 1. The van der Waals surface area contributed by atoms with Gasteiger partial charge in [-0.3, -0.25) is 4.79 Å². The van der Waals surface area contributed by atoms with Crippen LogP contribution < -0.4 is 20.5 Å². The SMILES string of the molecule is C=C(O)C(C)(NC)C(C)C(C)C(C)(C(=O)CCCOCCOc1cc(N)c(CO)cc1OC)C(C)(C)C. The number of carbonyl (C=O) groups is 1. The first-order valence-electron chi connectivity index (χ1n) is 13.0. The monoisotopic (exact) mass is 522 g/mol. The van der Waals surface area contributed by atoms with Crippen molar-refractivity contribution >= 4 is 11.5 Å². The van der Waals surface area contributed by atoms with Crippen LogP contribution in [0.2, 0.25) is 0 Å². The Hall–Kier alpha value is -2.29. The first kappa shape index (κ1) is 32.7. The standard InChI is InChI=1S/C29H50N2O6/c1-19(20(2)29(8,31-9)21(3)33)28(7,27(4,5)6)26(34)12-11-13-36-14-15-37-25-17-23(30)22(18-32)16-24(25)35-10/h16-17,19-20,31-33H,3,11-15,18,30H2,1-2,4-10H3. The lowest BCUT2D eigenvalue weighted by Crippen LogP contribution is -2.56. The maximum atomic E-state index is 13.6. The minimum atomic E-state index is -0.707. The summed E-state index contributed by atoms with van der Waals surface area (Å²) in [5, 5.41) is 22.8. The predicted octanol–water partition coefficient (Wildman–Crippen LogP) is 4.89. The van der Waals surface area contributed by atoms with Crippen LogP contribution in [0.25, 0.3) is 0 Å². The van der Waals surface area contributed by atoms with Gasteiger partial charge in [0.25, 0.3) is 0 Å². The van der Waals surface area contributed by atoms with Gasteiger partial charge < -0.3 is 35.5 Å². The number of benzene rings is 1. The maximum Gasteiger partial charge on any atom is 0.163 e. The van der Waals surface area contributed by atoms with Gasteiger partial charge in [-0.2, -0.15) is 0 Å². The van der Waals surface area contributed by atoms with Crippen LogP contribution >= 0.6 is 0 Å². The molecule has 5 N–H and O–H groups in total. The summed E-state index contributed by atoms with van der Waals surface area (Å²) in [6, 6.07) is 3.28. The number of hydrogen-bond acceptors (Lipinski definition) is 8. The third-order valence-corrected chi connectivity index (χ3v) is 8.60. The van der Waals surface area contributed by atoms with Gasteiger partial charge in [0.15, 0.2) is 11.5 Å². The highest BCUT2D eigenvalue weighted by molar-refractivity contribution is 5.85. The van der Waals surface area contributed by atoms with E-state index in [1.165, 1.54) is 7.11 Å². The molecular weight excluding hydrogens is 472 g/mol. The molecule has 0 amide bonds. The van der Waals surface area contributed by atoms with Crippen LogP contribution in [-0.2, 0) is 16.1 Å². The highest BCUT2D eigenvalue weighted by Gasteiger charge is 2.52. The van der Waals surface area contributed by atoms with Crippen molar-refractivity contribution in [3.8, 4) is 11.5 Å². The van der Waals surface area contributed by atoms with Gasteiger partial charge >= 0.3 is 0 Å². The van der Waals surface area contributed by atoms with Gasteiger partial charge in [-0.1, -0.05) is 48.1 Å². The molecule has 212 valence electrons. The Bertz CT molecular complexity index is 912. The third-order valence-electron chi connectivity index (χ3n) is 8.60. The molecule has 0 fully saturated rings. The molecule has 4 atom stereocenters. The summed E-state index contributed by atoms with van der Waals surface area (Å²) in [4.78, 5) is 13.6. The summed E-state index contributed by atoms with van der Waals surface area (Å²) in [5.41, 5.74) is 5.32. The van der Waals surface area contributed by atoms with Gasteiger partial charge in [-0.25, -0.2) is 0 Å². The minimum Gasteiger partial charge on any atom is -0.511 e. The smallest absolute Gasteiger partial charge is 0.163 e. The van der Waals surface area contributed by atoms with Gasteiger partial charge in [0.05, 0.1) is 25.9 Å². The molecular formula is C29H50N2O6. The molecule has 0 saturated heterocycles. The summed E-state index contributed by atoms with van der Waals surface area (Å²) < 4.78 is 16.8. The topological polar surface area (TPSA) is 123 Å². The van der Waals surface area contributed by atoms with Crippen LogP contribution in [0.5, 0.6) is 11.5 Å². The number of nitrogen functional groups attached to an aromatic ring is 1. The van der Waals surface area contributed by atoms with Gasteiger partial charge in [-0.15, -0.1) is 0 Å². The fourth-order valence-corrected chi connectivity index (χ4v) is 4.92. The van der Waals surface area contributed by atoms with E-state index < -0.39 is 11.0 Å². The average Bonchev–Trinajstić information content (AvgIpc) is 2.85. The predicted molar refractivity (Wildman–Crippen MR) is 149 cm³/mol. The summed E-state index contributed by atoms with van der Waals surface area (Å²) in [7, 11) is 3.33. The molecule has 0 aliphatic rings. The largest absolute Gasteiger partial charge is 0.511 e. The Morgan fingerprint density at radius 2 is 1.70 bits per heavy atom. The fourth-order valence-electron chi connectivity index (χ4n) is 4.92. The quantitative estimate of drug-likeness (QED) is 0.137. The normalized spacial score (nSPS) is 16.8. The van der Waals surface area contributed by atoms with Crippen molar-refractivity contribution in [2.24, 2.45) is 22.7 Å². The number of carbonyl (C=O) groups excluding carboxylic acids is 1. The molecule has 37 heavy (non-hydrogen) atoms. The van der Waals surface area contributed by atoms with E-state index in [-0.39, 0.29) is 35.4 Å². The summed E-state index contributed by atoms with van der Waals surface area (Å²) in [5.74, 6) is 1.15. The molecule has 0 saturated carbocycles. The summed E-state index contributed by atoms with van der Waals surface area (Å²) in [6.07, 6.45) is 0.998. The Balaban J connectivity index is 2.71. The second-order valence-corrected chi connectivity index (χ2v) is 11.3. The molecule has 1 aromatic carbocycles. The van der Waals surface area contributed by atoms with E-state index in [1.54, 1.807) is 19.2 Å². The van der Waals surface area contributed by atoms with Crippen molar-refractivity contribution in [2.75, 3.05) is 39.7 Å². The Labute approximate surface area is 223 Å². The van der Waals surface area contributed by atoms with Crippen LogP contribution in [0.1, 0.15) is 66.9 Å². The van der Waals surface area contributed by atoms with Crippen molar-refractivity contribution in [3.05, 3.63) is 30.0 Å². The molecule has 0 bridgehead atoms. The van der Waals surface area contributed by atoms with E-state index >= 15 is 0 Å². The lowest BCUT2D eigenvalue weighted by molar-refractivity contribution is -0.141. The molecule has 4 unspecified atom stereocenters. The van der Waals surface area contributed by atoms with Crippen LogP contribution in [0.15, 0.2) is 24.5 Å². The van der Waals surface area contributed by atoms with Gasteiger partial charge in [0.2, 0.25) is 0 Å². The first-order chi connectivity index (χ1) is 17.1. The van der Waals surface area contributed by atoms with E-state index in [9.17, 15) is 15.0 Å². The number of rotatable bonds is 16. The number of Topliss-reactive ketones (excluding diaryl/α,β-unsaturated/α-hetero) is 1. The second kappa shape index (κ2) is 13.5. The van der Waals surface area contributed by atoms with Crippen LogP contribution in [0, 0.1) is 22.7 Å². The molecule has 8 nitrogen and oxygen atoms in total. The molecule has 0 aliphatic carbocycles. The lowest BCUT2D eigenvalue weighted by Gasteiger charge is -2.51. The third kappa shape index (κ3) is 7.39. The van der Waals surface area contributed by atoms with Crippen molar-refractivity contribution in [3.63, 3.8) is 0 Å². The summed E-state index contributed by atoms with van der Waals surface area (Å²) in [6.45, 7) is 19.1. The number of ether oxygens (including phenoxy) is 3. The number of hydrogen-bond donors (Lipinski definition) is 4. The Morgan fingerprint density at radius 3 is 2.19 bits per heavy atom. The number of nitrogens with one attached hydrogen (secondary N) is 1. The van der Waals surface area contributed by atoms with Crippen LogP contribution in [0.4, 0.5) is 5.69 Å². The zero-order valence-electron chi connectivity index (χ0n) is 24.4. The zero-order valence-corrected chi connectivity index (χ0v) is 24.4. The molecule has 0 spiro atoms. The Kier molecular flexibility index (Phi) is 11.9. The fraction of sp³-hybridized carbons (Fsp3) is 0.690. The summed E-state index contributed by atoms with van der Waals surface area (Å²) >= 11 is 0. The van der Waals surface area contributed by atoms with E-state index in [0.29, 0.717) is 55.4 Å². The number of anilines is 1. The number of nitrogens with two attached hydrogens (primary N) is 1. The number of methoxy groups -OCH3 is 1. The second-order valence-electron chi connectivity index (χ2n) is 11.3. The number of aliphatic hydroxyl groups excluding tert-OH is 2. The van der Waals surface area contributed by atoms with Gasteiger partial charge in [-0.05, 0) is 43.7 Å². The molecule has 0 radical (unpaired) electrons. The highest BCUT2D eigenvalue weighted by atomic mass is 16.5. The molecule has 0 heterocycles. The number of ketones is 1. The average molecular weight is 523 g/mol. The molecule has 1 rings (SSSR count). The van der Waals surface area contributed by atoms with Crippen molar-refractivity contribution < 1.29 is 29.2 Å². The van der Waals surface area contributed by atoms with E-state index in [0.717, 1.165) is 0 Å². The van der Waals surface area contributed by atoms with E-state index in [1.807, 2.05) is 13.8 Å². The van der Waals surface area contributed by atoms with Gasteiger partial charge in [0.1, 0.15) is 18.1 Å². The number of aliphatic hydroxyl groups is 2. The highest BCUT2D eigenvalue weighted by Crippen LogP contribution is 2.51. The van der Waals surface area contributed by atoms with Crippen molar-refractivity contribution in [1.82, 2.24) is 5.32 Å². The zero-order chi connectivity index (χ0) is 28.6. The van der Waals surface area contributed by atoms with Crippen LogP contribution in [-0.4, -0.2) is 55.5 Å². The molecule has 0 aromatic heterocycles. The van der Waals surface area contributed by atoms with E-state index in [2.05, 4.69) is 46.5 Å². The van der Waals surface area contributed by atoms with Crippen molar-refractivity contribution in [2.45, 2.75) is 73.5 Å². The minimum absolute atomic E-state index is 0.0321. The van der Waals surface area contributed by atoms with E-state index in [4.69, 9.17) is 19.9 Å². The van der Waals surface area contributed by atoms with Crippen LogP contribution in [0.3, 0.4) is 0 Å². The maximum absolute atomic E-state index is 13.6. The first-order valence-corrected chi connectivity index (χ1v) is 13.0. The van der Waals surface area contributed by atoms with Crippen molar-refractivity contribution in [1.29, 1.82) is 0 Å². The molecule has 0 aliphatic heterocycles. The Morgan fingerprint density at radius 1 is 1.08 bits per heavy atom. The molecule has 1 aromatic rings. The molecule has 8 heteroatoms.